The molecule has 0 unspecified atom stereocenters. The van der Waals surface area contributed by atoms with Crippen LogP contribution in [0, 0.1) is 0 Å². The van der Waals surface area contributed by atoms with Crippen molar-refractivity contribution in [1.82, 2.24) is 5.32 Å². The Bertz CT molecular complexity index is 857. The normalized spacial score (nSPS) is 12.5. The minimum absolute atomic E-state index is 0.0280. The molecule has 140 valence electrons. The predicted molar refractivity (Wildman–Crippen MR) is 98.7 cm³/mol. The lowest BCUT2D eigenvalue weighted by molar-refractivity contribution is -0.0498. The standard InChI is InChI=1S/C16H17F2N3O3S2/c1-10(11-2-8-14(9-3-11)26(19,22)23)20-16(25)21-12-4-6-13(7-5-12)24-15(17)18/h2-10,15H,1H3,(H2,19,22,23)(H2,20,21,25)/t10-/m1/s1. The molecule has 0 spiro atoms. The van der Waals surface area contributed by atoms with E-state index in [-0.39, 0.29) is 16.7 Å². The van der Waals surface area contributed by atoms with Crippen molar-refractivity contribution in [1.29, 1.82) is 0 Å². The first-order valence-corrected chi connectivity index (χ1v) is 9.36. The van der Waals surface area contributed by atoms with Crippen LogP contribution >= 0.6 is 12.2 Å². The largest absolute Gasteiger partial charge is 0.435 e. The Morgan fingerprint density at radius 1 is 1.12 bits per heavy atom. The average Bonchev–Trinajstić information content (AvgIpc) is 2.55. The summed E-state index contributed by atoms with van der Waals surface area (Å²) in [4.78, 5) is 0.0280. The smallest absolute Gasteiger partial charge is 0.387 e. The van der Waals surface area contributed by atoms with Gasteiger partial charge in [-0.05, 0) is 61.1 Å². The number of primary sulfonamides is 1. The lowest BCUT2D eigenvalue weighted by Gasteiger charge is -2.18. The van der Waals surface area contributed by atoms with Crippen LogP contribution in [0.2, 0.25) is 0 Å². The van der Waals surface area contributed by atoms with E-state index in [0.717, 1.165) is 5.56 Å². The molecule has 4 N–H and O–H groups in total. The zero-order chi connectivity index (χ0) is 19.3. The van der Waals surface area contributed by atoms with Gasteiger partial charge in [-0.25, -0.2) is 13.6 Å². The van der Waals surface area contributed by atoms with Crippen molar-refractivity contribution < 1.29 is 21.9 Å². The lowest BCUT2D eigenvalue weighted by Crippen LogP contribution is -2.30. The third kappa shape index (κ3) is 5.90. The number of hydrogen-bond donors (Lipinski definition) is 3. The number of sulfonamides is 1. The van der Waals surface area contributed by atoms with Crippen molar-refractivity contribution in [3.63, 3.8) is 0 Å². The number of benzene rings is 2. The Balaban J connectivity index is 1.94. The number of nitrogens with one attached hydrogen (secondary N) is 2. The van der Waals surface area contributed by atoms with Crippen molar-refractivity contribution in [2.24, 2.45) is 5.14 Å². The molecular formula is C16H17F2N3O3S2. The van der Waals surface area contributed by atoms with E-state index in [2.05, 4.69) is 15.4 Å². The molecule has 0 fully saturated rings. The monoisotopic (exact) mass is 401 g/mol. The summed E-state index contributed by atoms with van der Waals surface area (Å²) in [7, 11) is -3.74. The van der Waals surface area contributed by atoms with Gasteiger partial charge in [-0.1, -0.05) is 12.1 Å². The number of halogens is 2. The molecule has 0 radical (unpaired) electrons. The van der Waals surface area contributed by atoms with Gasteiger partial charge in [0.1, 0.15) is 5.75 Å². The summed E-state index contributed by atoms with van der Waals surface area (Å²) in [6.45, 7) is -1.03. The summed E-state index contributed by atoms with van der Waals surface area (Å²) >= 11 is 5.21. The summed E-state index contributed by atoms with van der Waals surface area (Å²) in [5.74, 6) is 0.0488. The van der Waals surface area contributed by atoms with Crippen LogP contribution in [0.4, 0.5) is 14.5 Å². The molecule has 0 bridgehead atoms. The van der Waals surface area contributed by atoms with Crippen LogP contribution in [0.5, 0.6) is 5.75 Å². The van der Waals surface area contributed by atoms with Crippen molar-refractivity contribution in [2.45, 2.75) is 24.5 Å². The van der Waals surface area contributed by atoms with Gasteiger partial charge >= 0.3 is 6.61 Å². The zero-order valence-electron chi connectivity index (χ0n) is 13.6. The highest BCUT2D eigenvalue weighted by molar-refractivity contribution is 7.89. The first kappa shape index (κ1) is 20.0. The van der Waals surface area contributed by atoms with Gasteiger partial charge in [0, 0.05) is 5.69 Å². The summed E-state index contributed by atoms with van der Waals surface area (Å²) in [5, 5.41) is 11.3. The van der Waals surface area contributed by atoms with Gasteiger partial charge in [-0.15, -0.1) is 0 Å². The number of rotatable bonds is 6. The maximum absolute atomic E-state index is 12.1. The molecule has 0 aromatic heterocycles. The Morgan fingerprint density at radius 2 is 1.69 bits per heavy atom. The first-order valence-electron chi connectivity index (χ1n) is 7.40. The highest BCUT2D eigenvalue weighted by Crippen LogP contribution is 2.19. The van der Waals surface area contributed by atoms with Gasteiger partial charge in [-0.3, -0.25) is 0 Å². The number of hydrogen-bond acceptors (Lipinski definition) is 4. The van der Waals surface area contributed by atoms with E-state index < -0.39 is 16.6 Å². The van der Waals surface area contributed by atoms with Crippen molar-refractivity contribution >= 4 is 33.0 Å². The molecule has 2 aromatic rings. The maximum atomic E-state index is 12.1. The molecule has 0 heterocycles. The van der Waals surface area contributed by atoms with Crippen LogP contribution in [0.25, 0.3) is 0 Å². The topological polar surface area (TPSA) is 93.4 Å². The number of ether oxygens (including phenoxy) is 1. The second-order valence-electron chi connectivity index (χ2n) is 5.34. The minimum Gasteiger partial charge on any atom is -0.435 e. The van der Waals surface area contributed by atoms with Gasteiger partial charge in [-0.2, -0.15) is 8.78 Å². The summed E-state index contributed by atoms with van der Waals surface area (Å²) < 4.78 is 51.0. The van der Waals surface area contributed by atoms with Gasteiger partial charge in [0.15, 0.2) is 5.11 Å². The number of thiocarbonyl (C=S) groups is 1. The van der Waals surface area contributed by atoms with Crippen LogP contribution < -0.4 is 20.5 Å². The third-order valence-electron chi connectivity index (χ3n) is 3.39. The molecule has 2 aromatic carbocycles. The summed E-state index contributed by atoms with van der Waals surface area (Å²) in [6, 6.07) is 11.8. The SMILES string of the molecule is C[C@@H](NC(=S)Nc1ccc(OC(F)F)cc1)c1ccc(S(N)(=O)=O)cc1. The molecule has 0 aliphatic rings. The molecule has 26 heavy (non-hydrogen) atoms. The second-order valence-corrected chi connectivity index (χ2v) is 7.31. The molecule has 0 saturated heterocycles. The second kappa shape index (κ2) is 8.39. The Morgan fingerprint density at radius 3 is 2.19 bits per heavy atom. The van der Waals surface area contributed by atoms with E-state index in [9.17, 15) is 17.2 Å². The highest BCUT2D eigenvalue weighted by Gasteiger charge is 2.11. The van der Waals surface area contributed by atoms with Crippen molar-refractivity contribution in [3.8, 4) is 5.75 Å². The Labute approximate surface area is 155 Å². The average molecular weight is 401 g/mol. The summed E-state index contributed by atoms with van der Waals surface area (Å²) in [5.41, 5.74) is 1.41. The van der Waals surface area contributed by atoms with Crippen LogP contribution in [-0.2, 0) is 10.0 Å². The van der Waals surface area contributed by atoms with Crippen LogP contribution in [0.15, 0.2) is 53.4 Å². The van der Waals surface area contributed by atoms with E-state index in [0.29, 0.717) is 10.8 Å². The van der Waals surface area contributed by atoms with Gasteiger partial charge in [0.2, 0.25) is 10.0 Å². The molecular weight excluding hydrogens is 384 g/mol. The molecule has 10 heteroatoms. The summed E-state index contributed by atoms with van der Waals surface area (Å²) in [6.07, 6.45) is 0. The van der Waals surface area contributed by atoms with Gasteiger partial charge < -0.3 is 15.4 Å². The van der Waals surface area contributed by atoms with E-state index >= 15 is 0 Å². The molecule has 6 nitrogen and oxygen atoms in total. The molecule has 0 aliphatic heterocycles. The van der Waals surface area contributed by atoms with E-state index in [1.807, 2.05) is 6.92 Å². The molecule has 0 aliphatic carbocycles. The van der Waals surface area contributed by atoms with Crippen LogP contribution in [0.3, 0.4) is 0 Å². The highest BCUT2D eigenvalue weighted by atomic mass is 32.2. The predicted octanol–water partition coefficient (Wildman–Crippen LogP) is 2.98. The van der Waals surface area contributed by atoms with Crippen LogP contribution in [-0.4, -0.2) is 20.1 Å². The number of nitrogens with two attached hydrogens (primary N) is 1. The van der Waals surface area contributed by atoms with Crippen LogP contribution in [0.1, 0.15) is 18.5 Å². The maximum Gasteiger partial charge on any atom is 0.387 e. The number of alkyl halides is 2. The molecule has 0 saturated carbocycles. The Hall–Kier alpha value is -2.30. The fourth-order valence-corrected chi connectivity index (χ4v) is 2.92. The van der Waals surface area contributed by atoms with Crippen molar-refractivity contribution in [3.05, 3.63) is 54.1 Å². The Kier molecular flexibility index (Phi) is 6.46. The fourth-order valence-electron chi connectivity index (χ4n) is 2.11. The zero-order valence-corrected chi connectivity index (χ0v) is 15.3. The molecule has 0 amide bonds. The number of anilines is 1. The van der Waals surface area contributed by atoms with Gasteiger partial charge in [0.05, 0.1) is 10.9 Å². The first-order chi connectivity index (χ1) is 12.1. The lowest BCUT2D eigenvalue weighted by atomic mass is 10.1. The molecule has 2 rings (SSSR count). The minimum atomic E-state index is -3.74. The van der Waals surface area contributed by atoms with Crippen molar-refractivity contribution in [2.75, 3.05) is 5.32 Å². The third-order valence-corrected chi connectivity index (χ3v) is 4.54. The van der Waals surface area contributed by atoms with E-state index in [1.54, 1.807) is 24.3 Å². The fraction of sp³-hybridized carbons (Fsp3) is 0.188. The van der Waals surface area contributed by atoms with Gasteiger partial charge in [0.25, 0.3) is 0 Å². The quantitative estimate of drug-likeness (QED) is 0.645. The molecule has 1 atom stereocenters. The van der Waals surface area contributed by atoms with E-state index in [4.69, 9.17) is 17.4 Å². The van der Waals surface area contributed by atoms with E-state index in [1.165, 1.54) is 24.3 Å².